The summed E-state index contributed by atoms with van der Waals surface area (Å²) in [6.45, 7) is 0.385. The molecule has 1 aromatic carbocycles. The fraction of sp³-hybridized carbons (Fsp3) is 0.300. The van der Waals surface area contributed by atoms with Crippen molar-refractivity contribution >= 4 is 5.97 Å². The van der Waals surface area contributed by atoms with Crippen LogP contribution in [0.3, 0.4) is 0 Å². The number of methoxy groups -OCH3 is 1. The normalized spacial score (nSPS) is 19.8. The zero-order valence-electron chi connectivity index (χ0n) is 7.32. The summed E-state index contributed by atoms with van der Waals surface area (Å²) in [6.07, 6.45) is 0. The Kier molecular flexibility index (Phi) is 2.02. The van der Waals surface area contributed by atoms with E-state index in [-0.39, 0.29) is 11.9 Å². The largest absolute Gasteiger partial charge is 0.426 e. The van der Waals surface area contributed by atoms with Crippen LogP contribution in [0.5, 0.6) is 5.75 Å². The maximum Gasteiger partial charge on any atom is 0.321 e. The number of hydrogen-bond donors (Lipinski definition) is 0. The quantitative estimate of drug-likeness (QED) is 0.506. The van der Waals surface area contributed by atoms with E-state index in [1.807, 2.05) is 18.2 Å². The predicted octanol–water partition coefficient (Wildman–Crippen LogP) is 1.34. The van der Waals surface area contributed by atoms with E-state index in [1.165, 1.54) is 0 Å². The Morgan fingerprint density at radius 1 is 1.46 bits per heavy atom. The van der Waals surface area contributed by atoms with Crippen LogP contribution in [0.4, 0.5) is 0 Å². The van der Waals surface area contributed by atoms with E-state index < -0.39 is 0 Å². The first-order valence-corrected chi connectivity index (χ1v) is 4.12. The summed E-state index contributed by atoms with van der Waals surface area (Å²) in [5.74, 6) is 0.193. The predicted molar refractivity (Wildman–Crippen MR) is 46.7 cm³/mol. The number of fused-ring (bicyclic) bond motifs is 1. The van der Waals surface area contributed by atoms with Crippen molar-refractivity contribution in [2.24, 2.45) is 0 Å². The lowest BCUT2D eigenvalue weighted by Crippen LogP contribution is -2.14. The van der Waals surface area contributed by atoms with E-state index in [4.69, 9.17) is 9.47 Å². The maximum absolute atomic E-state index is 11.3. The molecular formula is C10H10O3. The van der Waals surface area contributed by atoms with Crippen LogP contribution in [0.15, 0.2) is 24.3 Å². The monoisotopic (exact) mass is 178 g/mol. The average Bonchev–Trinajstić information content (AvgIpc) is 2.44. The molecule has 0 radical (unpaired) electrons. The van der Waals surface area contributed by atoms with Crippen LogP contribution in [-0.2, 0) is 9.53 Å². The molecule has 1 aliphatic rings. The van der Waals surface area contributed by atoms with Gasteiger partial charge < -0.3 is 9.47 Å². The number of hydrogen-bond acceptors (Lipinski definition) is 3. The minimum Gasteiger partial charge on any atom is -0.426 e. The van der Waals surface area contributed by atoms with Crippen LogP contribution in [0.1, 0.15) is 11.5 Å². The molecule has 0 fully saturated rings. The Bertz CT molecular complexity index is 333. The first kappa shape index (κ1) is 8.26. The highest BCUT2D eigenvalue weighted by molar-refractivity contribution is 5.86. The molecule has 0 saturated carbocycles. The number of ether oxygens (including phenoxy) is 2. The van der Waals surface area contributed by atoms with Crippen LogP contribution in [0.2, 0.25) is 0 Å². The topological polar surface area (TPSA) is 35.5 Å². The van der Waals surface area contributed by atoms with Crippen molar-refractivity contribution < 1.29 is 14.3 Å². The molecule has 1 aliphatic heterocycles. The molecule has 1 unspecified atom stereocenters. The summed E-state index contributed by atoms with van der Waals surface area (Å²) < 4.78 is 10.0. The third-order valence-electron chi connectivity index (χ3n) is 2.12. The molecule has 0 aliphatic carbocycles. The molecule has 0 saturated heterocycles. The molecule has 1 aromatic rings. The van der Waals surface area contributed by atoms with Crippen LogP contribution in [-0.4, -0.2) is 19.7 Å². The SMILES string of the molecule is COCC1C(=O)Oc2ccccc21. The third kappa shape index (κ3) is 1.31. The molecule has 3 heteroatoms. The fourth-order valence-corrected chi connectivity index (χ4v) is 1.49. The molecule has 0 N–H and O–H groups in total. The minimum atomic E-state index is -0.249. The first-order valence-electron chi connectivity index (χ1n) is 4.12. The van der Waals surface area contributed by atoms with E-state index in [2.05, 4.69) is 0 Å². The van der Waals surface area contributed by atoms with Crippen molar-refractivity contribution in [2.75, 3.05) is 13.7 Å². The molecule has 2 rings (SSSR count). The van der Waals surface area contributed by atoms with Gasteiger partial charge in [0.15, 0.2) is 0 Å². The molecule has 1 heterocycles. The van der Waals surface area contributed by atoms with Crippen LogP contribution < -0.4 is 4.74 Å². The summed E-state index contributed by atoms with van der Waals surface area (Å²) in [4.78, 5) is 11.3. The highest BCUT2D eigenvalue weighted by Crippen LogP contribution is 2.34. The zero-order chi connectivity index (χ0) is 9.26. The lowest BCUT2D eigenvalue weighted by atomic mass is 10.0. The molecule has 1 atom stereocenters. The van der Waals surface area contributed by atoms with E-state index in [1.54, 1.807) is 13.2 Å². The molecule has 0 bridgehead atoms. The fourth-order valence-electron chi connectivity index (χ4n) is 1.49. The van der Waals surface area contributed by atoms with Gasteiger partial charge in [-0.1, -0.05) is 18.2 Å². The van der Waals surface area contributed by atoms with Crippen molar-refractivity contribution in [1.82, 2.24) is 0 Å². The number of benzene rings is 1. The highest BCUT2D eigenvalue weighted by atomic mass is 16.5. The van der Waals surface area contributed by atoms with Gasteiger partial charge in [-0.2, -0.15) is 0 Å². The standard InChI is InChI=1S/C10H10O3/c1-12-6-8-7-4-2-3-5-9(7)13-10(8)11/h2-5,8H,6H2,1H3. The van der Waals surface area contributed by atoms with Gasteiger partial charge in [-0.05, 0) is 6.07 Å². The van der Waals surface area contributed by atoms with Gasteiger partial charge in [0.05, 0.1) is 6.61 Å². The third-order valence-corrected chi connectivity index (χ3v) is 2.12. The van der Waals surface area contributed by atoms with Crippen molar-refractivity contribution in [1.29, 1.82) is 0 Å². The lowest BCUT2D eigenvalue weighted by Gasteiger charge is -2.03. The average molecular weight is 178 g/mol. The molecule has 3 nitrogen and oxygen atoms in total. The van der Waals surface area contributed by atoms with Gasteiger partial charge in [0.1, 0.15) is 11.7 Å². The van der Waals surface area contributed by atoms with E-state index in [0.717, 1.165) is 5.56 Å². The molecular weight excluding hydrogens is 168 g/mol. The molecule has 68 valence electrons. The Labute approximate surface area is 76.3 Å². The molecule has 0 aromatic heterocycles. The van der Waals surface area contributed by atoms with Gasteiger partial charge in [0.25, 0.3) is 0 Å². The second-order valence-electron chi connectivity index (χ2n) is 2.97. The van der Waals surface area contributed by atoms with Crippen molar-refractivity contribution in [3.8, 4) is 5.75 Å². The number of carbonyl (C=O) groups excluding carboxylic acids is 1. The second-order valence-corrected chi connectivity index (χ2v) is 2.97. The summed E-state index contributed by atoms with van der Waals surface area (Å²) in [5.41, 5.74) is 0.925. The van der Waals surface area contributed by atoms with Gasteiger partial charge >= 0.3 is 5.97 Å². The molecule has 13 heavy (non-hydrogen) atoms. The van der Waals surface area contributed by atoms with Crippen molar-refractivity contribution in [3.05, 3.63) is 29.8 Å². The molecule has 0 amide bonds. The minimum absolute atomic E-state index is 0.219. The smallest absolute Gasteiger partial charge is 0.321 e. The first-order chi connectivity index (χ1) is 6.33. The van der Waals surface area contributed by atoms with Gasteiger partial charge in [-0.15, -0.1) is 0 Å². The van der Waals surface area contributed by atoms with Crippen molar-refractivity contribution in [3.63, 3.8) is 0 Å². The summed E-state index contributed by atoms with van der Waals surface area (Å²) >= 11 is 0. The van der Waals surface area contributed by atoms with Crippen LogP contribution >= 0.6 is 0 Å². The second kappa shape index (κ2) is 3.18. The number of para-hydroxylation sites is 1. The lowest BCUT2D eigenvalue weighted by molar-refractivity contribution is -0.135. The number of carbonyl (C=O) groups is 1. The van der Waals surface area contributed by atoms with E-state index in [0.29, 0.717) is 12.4 Å². The van der Waals surface area contributed by atoms with Crippen LogP contribution in [0.25, 0.3) is 0 Å². The Balaban J connectivity index is 2.35. The van der Waals surface area contributed by atoms with E-state index in [9.17, 15) is 4.79 Å². The summed E-state index contributed by atoms with van der Waals surface area (Å²) in [7, 11) is 1.58. The number of rotatable bonds is 2. The van der Waals surface area contributed by atoms with Gasteiger partial charge in [0.2, 0.25) is 0 Å². The van der Waals surface area contributed by atoms with Crippen molar-refractivity contribution in [2.45, 2.75) is 5.92 Å². The summed E-state index contributed by atoms with van der Waals surface area (Å²) in [6, 6.07) is 7.43. The maximum atomic E-state index is 11.3. The van der Waals surface area contributed by atoms with Gasteiger partial charge in [0, 0.05) is 12.7 Å². The zero-order valence-corrected chi connectivity index (χ0v) is 7.32. The van der Waals surface area contributed by atoms with Gasteiger partial charge in [-0.25, -0.2) is 0 Å². The molecule has 0 spiro atoms. The van der Waals surface area contributed by atoms with Gasteiger partial charge in [-0.3, -0.25) is 4.79 Å². The van der Waals surface area contributed by atoms with E-state index >= 15 is 0 Å². The number of esters is 1. The Morgan fingerprint density at radius 2 is 2.23 bits per heavy atom. The Hall–Kier alpha value is -1.35. The Morgan fingerprint density at radius 3 is 3.00 bits per heavy atom. The summed E-state index contributed by atoms with van der Waals surface area (Å²) in [5, 5.41) is 0. The highest BCUT2D eigenvalue weighted by Gasteiger charge is 2.32. The van der Waals surface area contributed by atoms with Crippen LogP contribution in [0, 0.1) is 0 Å².